The van der Waals surface area contributed by atoms with Gasteiger partial charge in [0.1, 0.15) is 6.07 Å². The van der Waals surface area contributed by atoms with Crippen molar-refractivity contribution in [2.45, 2.75) is 30.1 Å². The van der Waals surface area contributed by atoms with Gasteiger partial charge in [0, 0.05) is 12.1 Å². The molecule has 0 spiro atoms. The Balaban J connectivity index is 1.79. The standard InChI is InChI=1S/C25H21N3O3S/c1-17-22-13-12-18-16-28(32(30,31)21-10-6-3-7-11-21)27-24(18)25(22,14-19(15-26)23(17)29)20-8-4-2-5-9-20/h2-11,14,16-17,22H,12-13H2,1H3/t17-,22-,25-/m1/s1. The van der Waals surface area contributed by atoms with Gasteiger partial charge in [-0.3, -0.25) is 4.79 Å². The topological polar surface area (TPSA) is 92.8 Å². The Morgan fingerprint density at radius 3 is 2.41 bits per heavy atom. The molecular weight excluding hydrogens is 422 g/mol. The van der Waals surface area contributed by atoms with Crippen LogP contribution in [0.5, 0.6) is 0 Å². The highest BCUT2D eigenvalue weighted by atomic mass is 32.2. The molecule has 0 saturated carbocycles. The minimum Gasteiger partial charge on any atom is -0.293 e. The largest absolute Gasteiger partial charge is 0.293 e. The van der Waals surface area contributed by atoms with E-state index in [1.54, 1.807) is 42.6 Å². The van der Waals surface area contributed by atoms with E-state index in [9.17, 15) is 18.5 Å². The average Bonchev–Trinajstić information content (AvgIpc) is 3.28. The zero-order valence-electron chi connectivity index (χ0n) is 17.5. The highest BCUT2D eigenvalue weighted by molar-refractivity contribution is 7.89. The lowest BCUT2D eigenvalue weighted by Gasteiger charge is -2.46. The first-order valence-corrected chi connectivity index (χ1v) is 12.0. The maximum Gasteiger partial charge on any atom is 0.282 e. The summed E-state index contributed by atoms with van der Waals surface area (Å²) in [5.74, 6) is -0.660. The summed E-state index contributed by atoms with van der Waals surface area (Å²) in [5.41, 5.74) is 1.59. The number of aromatic nitrogens is 2. The minimum absolute atomic E-state index is 0.103. The van der Waals surface area contributed by atoms with E-state index in [1.165, 1.54) is 0 Å². The molecule has 0 radical (unpaired) electrons. The van der Waals surface area contributed by atoms with Gasteiger partial charge in [-0.15, -0.1) is 0 Å². The van der Waals surface area contributed by atoms with Crippen molar-refractivity contribution in [3.63, 3.8) is 0 Å². The molecule has 0 saturated heterocycles. The number of aryl methyl sites for hydroxylation is 1. The molecule has 3 atom stereocenters. The van der Waals surface area contributed by atoms with Gasteiger partial charge in [-0.05, 0) is 48.1 Å². The predicted octanol–water partition coefficient (Wildman–Crippen LogP) is 3.64. The summed E-state index contributed by atoms with van der Waals surface area (Å²) in [6.07, 6.45) is 4.62. The molecule has 32 heavy (non-hydrogen) atoms. The van der Waals surface area contributed by atoms with Crippen LogP contribution < -0.4 is 0 Å². The number of fused-ring (bicyclic) bond motifs is 3. The van der Waals surface area contributed by atoms with E-state index in [1.807, 2.05) is 37.3 Å². The number of rotatable bonds is 3. The third kappa shape index (κ3) is 2.80. The molecule has 0 unspecified atom stereocenters. The van der Waals surface area contributed by atoms with Gasteiger partial charge in [-0.1, -0.05) is 55.5 Å². The third-order valence-electron chi connectivity index (χ3n) is 6.78. The van der Waals surface area contributed by atoms with E-state index in [0.717, 1.165) is 15.2 Å². The lowest BCUT2D eigenvalue weighted by atomic mass is 9.54. The van der Waals surface area contributed by atoms with Crippen LogP contribution in [0.3, 0.4) is 0 Å². The van der Waals surface area contributed by atoms with Gasteiger partial charge >= 0.3 is 0 Å². The minimum atomic E-state index is -3.87. The van der Waals surface area contributed by atoms with E-state index >= 15 is 0 Å². The van der Waals surface area contributed by atoms with E-state index in [0.29, 0.717) is 18.5 Å². The van der Waals surface area contributed by atoms with Crippen LogP contribution in [0, 0.1) is 23.2 Å². The number of benzene rings is 2. The maximum absolute atomic E-state index is 13.3. The number of nitriles is 1. The van der Waals surface area contributed by atoms with Crippen LogP contribution in [0.15, 0.2) is 83.4 Å². The highest BCUT2D eigenvalue weighted by Crippen LogP contribution is 2.53. The first-order chi connectivity index (χ1) is 15.4. The lowest BCUT2D eigenvalue weighted by Crippen LogP contribution is -2.48. The molecule has 2 aliphatic carbocycles. The Bertz CT molecular complexity index is 1390. The summed E-state index contributed by atoms with van der Waals surface area (Å²) in [5, 5.41) is 14.3. The monoisotopic (exact) mass is 443 g/mol. The van der Waals surface area contributed by atoms with Crippen molar-refractivity contribution >= 4 is 15.8 Å². The number of Topliss-reactive ketones (excluding diaryl/α,β-unsaturated/α-hetero) is 1. The average molecular weight is 444 g/mol. The van der Waals surface area contributed by atoms with Crippen molar-refractivity contribution in [2.75, 3.05) is 0 Å². The first-order valence-electron chi connectivity index (χ1n) is 10.5. The summed E-state index contributed by atoms with van der Waals surface area (Å²) in [7, 11) is -3.87. The number of carbonyl (C=O) groups is 1. The van der Waals surface area contributed by atoms with Crippen LogP contribution in [0.1, 0.15) is 30.2 Å². The summed E-state index contributed by atoms with van der Waals surface area (Å²) < 4.78 is 27.6. The number of carbonyl (C=O) groups excluding carboxylic acids is 1. The van der Waals surface area contributed by atoms with E-state index in [4.69, 9.17) is 0 Å². The predicted molar refractivity (Wildman–Crippen MR) is 118 cm³/mol. The molecule has 0 amide bonds. The van der Waals surface area contributed by atoms with Gasteiger partial charge in [0.15, 0.2) is 5.78 Å². The van der Waals surface area contributed by atoms with Crippen LogP contribution in [0.4, 0.5) is 0 Å². The maximum atomic E-state index is 13.3. The lowest BCUT2D eigenvalue weighted by molar-refractivity contribution is -0.121. The van der Waals surface area contributed by atoms with E-state index in [2.05, 4.69) is 11.2 Å². The summed E-state index contributed by atoms with van der Waals surface area (Å²) >= 11 is 0. The van der Waals surface area contributed by atoms with Crippen molar-refractivity contribution in [3.05, 3.63) is 95.3 Å². The number of allylic oxidation sites excluding steroid dienone is 2. The van der Waals surface area contributed by atoms with Crippen molar-refractivity contribution in [2.24, 2.45) is 11.8 Å². The fourth-order valence-corrected chi connectivity index (χ4v) is 6.41. The van der Waals surface area contributed by atoms with Crippen LogP contribution in [-0.4, -0.2) is 23.4 Å². The molecular formula is C25H21N3O3S. The van der Waals surface area contributed by atoms with Crippen LogP contribution in [0.2, 0.25) is 0 Å². The van der Waals surface area contributed by atoms with Gasteiger partial charge in [0.25, 0.3) is 10.0 Å². The second-order valence-corrected chi connectivity index (χ2v) is 10.2. The molecule has 160 valence electrons. The number of ketones is 1. The van der Waals surface area contributed by atoms with Crippen molar-refractivity contribution < 1.29 is 13.2 Å². The molecule has 0 aliphatic heterocycles. The molecule has 0 bridgehead atoms. The number of hydrogen-bond acceptors (Lipinski definition) is 5. The zero-order chi connectivity index (χ0) is 22.5. The summed E-state index contributed by atoms with van der Waals surface area (Å²) in [4.78, 5) is 13.0. The summed E-state index contributed by atoms with van der Waals surface area (Å²) in [6.45, 7) is 1.86. The van der Waals surface area contributed by atoms with E-state index in [-0.39, 0.29) is 28.1 Å². The fourth-order valence-electron chi connectivity index (χ4n) is 5.24. The smallest absolute Gasteiger partial charge is 0.282 e. The molecule has 6 nitrogen and oxygen atoms in total. The second-order valence-electron chi connectivity index (χ2n) is 8.40. The van der Waals surface area contributed by atoms with Crippen molar-refractivity contribution in [3.8, 4) is 6.07 Å². The molecule has 0 N–H and O–H groups in total. The molecule has 7 heteroatoms. The Morgan fingerprint density at radius 1 is 1.09 bits per heavy atom. The Morgan fingerprint density at radius 2 is 1.75 bits per heavy atom. The zero-order valence-corrected chi connectivity index (χ0v) is 18.3. The Labute approximate surface area is 186 Å². The van der Waals surface area contributed by atoms with Gasteiger partial charge in [0.05, 0.1) is 21.6 Å². The van der Waals surface area contributed by atoms with Crippen LogP contribution >= 0.6 is 0 Å². The van der Waals surface area contributed by atoms with Crippen molar-refractivity contribution in [1.29, 1.82) is 5.26 Å². The van der Waals surface area contributed by atoms with Crippen LogP contribution in [0.25, 0.3) is 0 Å². The molecule has 3 aromatic rings. The molecule has 0 fully saturated rings. The Hall–Kier alpha value is -3.50. The number of nitrogens with zero attached hydrogens (tertiary/aromatic N) is 3. The normalized spacial score (nSPS) is 24.8. The SMILES string of the molecule is C[C@H]1C(=O)C(C#N)=C[C@]2(c3ccccc3)c3nn(S(=O)(=O)c4ccccc4)cc3CC[C@H]12. The van der Waals surface area contributed by atoms with E-state index < -0.39 is 15.4 Å². The molecule has 2 aliphatic rings. The fraction of sp³-hybridized carbons (Fsp3) is 0.240. The second kappa shape index (κ2) is 7.28. The van der Waals surface area contributed by atoms with Gasteiger partial charge in [-0.2, -0.15) is 22.9 Å². The van der Waals surface area contributed by atoms with Crippen molar-refractivity contribution in [1.82, 2.24) is 9.19 Å². The summed E-state index contributed by atoms with van der Waals surface area (Å²) in [6, 6.07) is 19.9. The number of hydrogen-bond donors (Lipinski definition) is 0. The molecule has 5 rings (SSSR count). The first kappa shape index (κ1) is 20.4. The molecule has 1 heterocycles. The molecule has 2 aromatic carbocycles. The third-order valence-corrected chi connectivity index (χ3v) is 8.33. The van der Waals surface area contributed by atoms with Gasteiger partial charge in [-0.25, -0.2) is 0 Å². The quantitative estimate of drug-likeness (QED) is 0.616. The molecule has 1 aromatic heterocycles. The van der Waals surface area contributed by atoms with Gasteiger partial charge < -0.3 is 0 Å². The highest BCUT2D eigenvalue weighted by Gasteiger charge is 2.53. The Kier molecular flexibility index (Phi) is 4.64. The van der Waals surface area contributed by atoms with Crippen LogP contribution in [-0.2, 0) is 26.7 Å². The van der Waals surface area contributed by atoms with Gasteiger partial charge in [0.2, 0.25) is 0 Å².